The Morgan fingerprint density at radius 1 is 1.03 bits per heavy atom. The van der Waals surface area contributed by atoms with Crippen LogP contribution in [-0.2, 0) is 11.2 Å². The van der Waals surface area contributed by atoms with Gasteiger partial charge in [0.25, 0.3) is 5.91 Å². The lowest BCUT2D eigenvalue weighted by Crippen LogP contribution is -2.33. The standard InChI is InChI=1S/C26H27N5O2/c1-4-18-10-8-9-13-22(18)29-24(32)16-27-26(33)20-14-23(19-11-6-5-7-12-19)30-25-21(20)15-28-31(25)17(2)3/h5-15,17H,4,16H2,1-3H3,(H,27,33)(H,29,32). The highest BCUT2D eigenvalue weighted by atomic mass is 16.2. The fourth-order valence-corrected chi connectivity index (χ4v) is 3.74. The normalized spacial score (nSPS) is 11.0. The van der Waals surface area contributed by atoms with Gasteiger partial charge in [-0.3, -0.25) is 9.59 Å². The Hall–Kier alpha value is -4.00. The van der Waals surface area contributed by atoms with Gasteiger partial charge in [-0.05, 0) is 38.0 Å². The number of aryl methyl sites for hydroxylation is 1. The highest BCUT2D eigenvalue weighted by Crippen LogP contribution is 2.26. The van der Waals surface area contributed by atoms with E-state index in [9.17, 15) is 9.59 Å². The predicted molar refractivity (Wildman–Crippen MR) is 130 cm³/mol. The summed E-state index contributed by atoms with van der Waals surface area (Å²) >= 11 is 0. The van der Waals surface area contributed by atoms with Crippen molar-refractivity contribution in [2.45, 2.75) is 33.2 Å². The average molecular weight is 442 g/mol. The molecule has 2 heterocycles. The fraction of sp³-hybridized carbons (Fsp3) is 0.231. The van der Waals surface area contributed by atoms with Crippen molar-refractivity contribution in [1.29, 1.82) is 0 Å². The molecule has 0 bridgehead atoms. The summed E-state index contributed by atoms with van der Waals surface area (Å²) in [5.41, 5.74) is 4.46. The molecule has 7 nitrogen and oxygen atoms in total. The van der Waals surface area contributed by atoms with Gasteiger partial charge in [0.2, 0.25) is 5.91 Å². The molecular weight excluding hydrogens is 414 g/mol. The summed E-state index contributed by atoms with van der Waals surface area (Å²) in [6.45, 7) is 5.92. The van der Waals surface area contributed by atoms with Crippen LogP contribution in [0.15, 0.2) is 66.9 Å². The van der Waals surface area contributed by atoms with Gasteiger partial charge in [0, 0.05) is 17.3 Å². The average Bonchev–Trinajstić information content (AvgIpc) is 3.27. The molecule has 2 N–H and O–H groups in total. The largest absolute Gasteiger partial charge is 0.343 e. The summed E-state index contributed by atoms with van der Waals surface area (Å²) in [5.74, 6) is -0.627. The van der Waals surface area contributed by atoms with Crippen molar-refractivity contribution in [3.8, 4) is 11.3 Å². The summed E-state index contributed by atoms with van der Waals surface area (Å²) in [7, 11) is 0. The summed E-state index contributed by atoms with van der Waals surface area (Å²) in [4.78, 5) is 30.4. The number of hydrogen-bond acceptors (Lipinski definition) is 4. The maximum atomic E-state index is 13.1. The molecule has 7 heteroatoms. The molecule has 0 radical (unpaired) electrons. The van der Waals surface area contributed by atoms with Gasteiger partial charge in [-0.25, -0.2) is 9.67 Å². The van der Waals surface area contributed by atoms with Gasteiger partial charge in [0.05, 0.1) is 29.4 Å². The van der Waals surface area contributed by atoms with Crippen LogP contribution in [-0.4, -0.2) is 33.1 Å². The van der Waals surface area contributed by atoms with E-state index in [1.807, 2.05) is 75.4 Å². The highest BCUT2D eigenvalue weighted by molar-refractivity contribution is 6.08. The number of anilines is 1. The number of aromatic nitrogens is 3. The molecule has 33 heavy (non-hydrogen) atoms. The second kappa shape index (κ2) is 9.65. The minimum Gasteiger partial charge on any atom is -0.343 e. The topological polar surface area (TPSA) is 88.9 Å². The van der Waals surface area contributed by atoms with Crippen LogP contribution < -0.4 is 10.6 Å². The molecule has 0 atom stereocenters. The number of pyridine rings is 1. The van der Waals surface area contributed by atoms with Crippen molar-refractivity contribution in [3.63, 3.8) is 0 Å². The third-order valence-corrected chi connectivity index (χ3v) is 5.45. The van der Waals surface area contributed by atoms with Gasteiger partial charge >= 0.3 is 0 Å². The number of benzene rings is 2. The molecular formula is C26H27N5O2. The molecule has 4 aromatic rings. The molecule has 4 rings (SSSR count). The number of nitrogens with zero attached hydrogens (tertiary/aromatic N) is 3. The molecule has 0 spiro atoms. The van der Waals surface area contributed by atoms with Gasteiger partial charge in [0.1, 0.15) is 0 Å². The molecule has 2 aromatic heterocycles. The monoisotopic (exact) mass is 441 g/mol. The molecule has 2 aromatic carbocycles. The van der Waals surface area contributed by atoms with E-state index in [1.54, 1.807) is 16.9 Å². The first-order valence-electron chi connectivity index (χ1n) is 11.1. The first kappa shape index (κ1) is 22.2. The zero-order valence-electron chi connectivity index (χ0n) is 19.0. The number of carbonyl (C=O) groups is 2. The Morgan fingerprint density at radius 2 is 1.76 bits per heavy atom. The Balaban J connectivity index is 1.60. The van der Waals surface area contributed by atoms with E-state index in [2.05, 4.69) is 15.7 Å². The lowest BCUT2D eigenvalue weighted by molar-refractivity contribution is -0.115. The predicted octanol–water partition coefficient (Wildman–Crippen LogP) is 4.61. The van der Waals surface area contributed by atoms with Crippen LogP contribution >= 0.6 is 0 Å². The summed E-state index contributed by atoms with van der Waals surface area (Å²) < 4.78 is 1.80. The van der Waals surface area contributed by atoms with Crippen molar-refractivity contribution >= 4 is 28.5 Å². The van der Waals surface area contributed by atoms with Gasteiger partial charge < -0.3 is 10.6 Å². The first-order valence-corrected chi connectivity index (χ1v) is 11.1. The van der Waals surface area contributed by atoms with Crippen molar-refractivity contribution in [2.24, 2.45) is 0 Å². The number of fused-ring (bicyclic) bond motifs is 1. The molecule has 0 aliphatic heterocycles. The molecule has 0 aliphatic rings. The highest BCUT2D eigenvalue weighted by Gasteiger charge is 2.19. The molecule has 0 unspecified atom stereocenters. The summed E-state index contributed by atoms with van der Waals surface area (Å²) in [5, 5.41) is 10.7. The Labute approximate surface area is 192 Å². The number of amides is 2. The Kier molecular flexibility index (Phi) is 6.49. The van der Waals surface area contributed by atoms with Crippen LogP contribution in [0.1, 0.15) is 42.7 Å². The molecule has 0 fully saturated rings. The van der Waals surface area contributed by atoms with Gasteiger partial charge in [-0.2, -0.15) is 5.10 Å². The third-order valence-electron chi connectivity index (χ3n) is 5.45. The maximum absolute atomic E-state index is 13.1. The minimum absolute atomic E-state index is 0.0846. The molecule has 168 valence electrons. The number of nitrogens with one attached hydrogen (secondary N) is 2. The van der Waals surface area contributed by atoms with Crippen molar-refractivity contribution in [1.82, 2.24) is 20.1 Å². The first-order chi connectivity index (χ1) is 16.0. The number of para-hydroxylation sites is 1. The van der Waals surface area contributed by atoms with Crippen LogP contribution in [0, 0.1) is 0 Å². The van der Waals surface area contributed by atoms with Crippen molar-refractivity contribution < 1.29 is 9.59 Å². The van der Waals surface area contributed by atoms with E-state index < -0.39 is 0 Å². The molecule has 0 aliphatic carbocycles. The van der Waals surface area contributed by atoms with Crippen LogP contribution in [0.5, 0.6) is 0 Å². The molecule has 0 saturated carbocycles. The van der Waals surface area contributed by atoms with Gasteiger partial charge in [-0.1, -0.05) is 55.5 Å². The van der Waals surface area contributed by atoms with Crippen LogP contribution in [0.2, 0.25) is 0 Å². The Morgan fingerprint density at radius 3 is 2.48 bits per heavy atom. The van der Waals surface area contributed by atoms with Crippen LogP contribution in [0.25, 0.3) is 22.3 Å². The van der Waals surface area contributed by atoms with Crippen LogP contribution in [0.4, 0.5) is 5.69 Å². The fourth-order valence-electron chi connectivity index (χ4n) is 3.74. The quantitative estimate of drug-likeness (QED) is 0.438. The summed E-state index contributed by atoms with van der Waals surface area (Å²) in [6, 6.07) is 19.2. The second-order valence-electron chi connectivity index (χ2n) is 8.08. The van der Waals surface area contributed by atoms with E-state index in [0.29, 0.717) is 22.3 Å². The van der Waals surface area contributed by atoms with E-state index in [4.69, 9.17) is 4.98 Å². The van der Waals surface area contributed by atoms with Crippen molar-refractivity contribution in [2.75, 3.05) is 11.9 Å². The molecule has 2 amide bonds. The minimum atomic E-state index is -0.346. The SMILES string of the molecule is CCc1ccccc1NC(=O)CNC(=O)c1cc(-c2ccccc2)nc2c1cnn2C(C)C. The van der Waals surface area contributed by atoms with Gasteiger partial charge in [-0.15, -0.1) is 0 Å². The van der Waals surface area contributed by atoms with E-state index >= 15 is 0 Å². The van der Waals surface area contributed by atoms with E-state index in [1.165, 1.54) is 0 Å². The number of hydrogen-bond donors (Lipinski definition) is 2. The molecule has 0 saturated heterocycles. The second-order valence-corrected chi connectivity index (χ2v) is 8.08. The maximum Gasteiger partial charge on any atom is 0.252 e. The van der Waals surface area contributed by atoms with Crippen molar-refractivity contribution in [3.05, 3.63) is 78.0 Å². The van der Waals surface area contributed by atoms with Crippen LogP contribution in [0.3, 0.4) is 0 Å². The Bertz CT molecular complexity index is 1290. The zero-order valence-corrected chi connectivity index (χ0v) is 19.0. The number of carbonyl (C=O) groups excluding carboxylic acids is 2. The number of rotatable bonds is 7. The van der Waals surface area contributed by atoms with E-state index in [-0.39, 0.29) is 24.4 Å². The smallest absolute Gasteiger partial charge is 0.252 e. The summed E-state index contributed by atoms with van der Waals surface area (Å²) in [6.07, 6.45) is 2.46. The lowest BCUT2D eigenvalue weighted by atomic mass is 10.1. The lowest BCUT2D eigenvalue weighted by Gasteiger charge is -2.12. The van der Waals surface area contributed by atoms with E-state index in [0.717, 1.165) is 23.2 Å². The zero-order chi connectivity index (χ0) is 23.4. The van der Waals surface area contributed by atoms with Gasteiger partial charge in [0.15, 0.2) is 5.65 Å². The third kappa shape index (κ3) is 4.77.